The first-order chi connectivity index (χ1) is 5.31. The van der Waals surface area contributed by atoms with Crippen molar-refractivity contribution in [3.8, 4) is 12.3 Å². The molecule has 2 N–H and O–H groups in total. The van der Waals surface area contributed by atoms with Gasteiger partial charge >= 0.3 is 0 Å². The van der Waals surface area contributed by atoms with Crippen LogP contribution in [0.2, 0.25) is 0 Å². The predicted molar refractivity (Wildman–Crippen MR) is 45.0 cm³/mol. The van der Waals surface area contributed by atoms with Gasteiger partial charge in [-0.1, -0.05) is 0 Å². The second-order valence-corrected chi connectivity index (χ2v) is 2.13. The predicted octanol–water partition coefficient (Wildman–Crippen LogP) is -0.265. The zero-order chi connectivity index (χ0) is 8.53. The largest absolute Gasteiger partial charge is 0.359 e. The van der Waals surface area contributed by atoms with Gasteiger partial charge in [0.05, 0.1) is 0 Å². The fraction of sp³-hybridized carbons (Fsp3) is 0.625. The Morgan fingerprint density at radius 2 is 2.27 bits per heavy atom. The molecule has 0 aromatic rings. The minimum absolute atomic E-state index is 0.0539. The molecule has 0 bridgehead atoms. The lowest BCUT2D eigenvalue weighted by Crippen LogP contribution is -2.25. The molecule has 0 unspecified atom stereocenters. The summed E-state index contributed by atoms with van der Waals surface area (Å²) in [7, 11) is 1.63. The first kappa shape index (κ1) is 9.99. The van der Waals surface area contributed by atoms with Crippen molar-refractivity contribution in [1.29, 1.82) is 0 Å². The maximum atomic E-state index is 10.7. The summed E-state index contributed by atoms with van der Waals surface area (Å²) < 4.78 is 0. The van der Waals surface area contributed by atoms with Gasteiger partial charge in [0, 0.05) is 33.0 Å². The molecule has 3 nitrogen and oxygen atoms in total. The average Bonchev–Trinajstić information content (AvgIpc) is 2.04. The van der Waals surface area contributed by atoms with E-state index in [2.05, 4.69) is 16.6 Å². The molecule has 0 aliphatic carbocycles. The number of hydrogen-bond donors (Lipinski definition) is 2. The minimum atomic E-state index is 0.0539. The average molecular weight is 154 g/mol. The lowest BCUT2D eigenvalue weighted by Gasteiger charge is -2.00. The van der Waals surface area contributed by atoms with Crippen LogP contribution >= 0.6 is 0 Å². The SMILES string of the molecule is C#CCCNCCC(=O)NC. The van der Waals surface area contributed by atoms with E-state index >= 15 is 0 Å². The van der Waals surface area contributed by atoms with Crippen LogP contribution < -0.4 is 10.6 Å². The second-order valence-electron chi connectivity index (χ2n) is 2.13. The maximum Gasteiger partial charge on any atom is 0.221 e. The van der Waals surface area contributed by atoms with Crippen LogP contribution in [0.5, 0.6) is 0 Å². The molecule has 0 heterocycles. The summed E-state index contributed by atoms with van der Waals surface area (Å²) in [5.41, 5.74) is 0. The molecule has 11 heavy (non-hydrogen) atoms. The van der Waals surface area contributed by atoms with Crippen molar-refractivity contribution in [2.45, 2.75) is 12.8 Å². The smallest absolute Gasteiger partial charge is 0.221 e. The molecule has 0 radical (unpaired) electrons. The van der Waals surface area contributed by atoms with Crippen molar-refractivity contribution in [3.05, 3.63) is 0 Å². The van der Waals surface area contributed by atoms with Crippen LogP contribution in [0.15, 0.2) is 0 Å². The summed E-state index contributed by atoms with van der Waals surface area (Å²) in [4.78, 5) is 10.7. The lowest BCUT2D eigenvalue weighted by molar-refractivity contribution is -0.120. The van der Waals surface area contributed by atoms with E-state index in [1.165, 1.54) is 0 Å². The van der Waals surface area contributed by atoms with Crippen molar-refractivity contribution in [3.63, 3.8) is 0 Å². The van der Waals surface area contributed by atoms with E-state index in [4.69, 9.17) is 6.42 Å². The molecule has 3 heteroatoms. The highest BCUT2D eigenvalue weighted by Gasteiger charge is 1.94. The van der Waals surface area contributed by atoms with Crippen molar-refractivity contribution in [1.82, 2.24) is 10.6 Å². The molecule has 0 aromatic heterocycles. The van der Waals surface area contributed by atoms with Gasteiger partial charge in [-0.3, -0.25) is 4.79 Å². The van der Waals surface area contributed by atoms with Gasteiger partial charge in [-0.15, -0.1) is 12.3 Å². The Labute approximate surface area is 67.6 Å². The highest BCUT2D eigenvalue weighted by atomic mass is 16.1. The van der Waals surface area contributed by atoms with Crippen molar-refractivity contribution >= 4 is 5.91 Å². The number of hydrogen-bond acceptors (Lipinski definition) is 2. The molecule has 0 aliphatic rings. The summed E-state index contributed by atoms with van der Waals surface area (Å²) in [5, 5.41) is 5.58. The minimum Gasteiger partial charge on any atom is -0.359 e. The van der Waals surface area contributed by atoms with Crippen molar-refractivity contribution in [2.75, 3.05) is 20.1 Å². The molecule has 0 atom stereocenters. The highest BCUT2D eigenvalue weighted by molar-refractivity contribution is 5.75. The monoisotopic (exact) mass is 154 g/mol. The molecule has 0 rings (SSSR count). The molecule has 0 fully saturated rings. The Morgan fingerprint density at radius 1 is 1.55 bits per heavy atom. The van der Waals surface area contributed by atoms with Gasteiger partial charge in [-0.05, 0) is 0 Å². The highest BCUT2D eigenvalue weighted by Crippen LogP contribution is 1.76. The summed E-state index contributed by atoms with van der Waals surface area (Å²) in [6.07, 6.45) is 6.26. The van der Waals surface area contributed by atoms with Gasteiger partial charge in [0.1, 0.15) is 0 Å². The molecule has 1 amide bonds. The molecule has 0 aliphatic heterocycles. The van der Waals surface area contributed by atoms with Gasteiger partial charge in [0.15, 0.2) is 0 Å². The quantitative estimate of drug-likeness (QED) is 0.423. The van der Waals surface area contributed by atoms with Crippen LogP contribution in [-0.4, -0.2) is 26.0 Å². The topological polar surface area (TPSA) is 41.1 Å². The Kier molecular flexibility index (Phi) is 6.45. The normalized spacial score (nSPS) is 8.73. The van der Waals surface area contributed by atoms with E-state index in [-0.39, 0.29) is 5.91 Å². The zero-order valence-corrected chi connectivity index (χ0v) is 6.81. The molecule has 0 spiro atoms. The molecule has 0 saturated heterocycles. The first-order valence-electron chi connectivity index (χ1n) is 3.66. The first-order valence-corrected chi connectivity index (χ1v) is 3.66. The summed E-state index contributed by atoms with van der Waals surface area (Å²) in [6.45, 7) is 1.48. The molecule has 0 aromatic carbocycles. The van der Waals surface area contributed by atoms with Crippen LogP contribution in [0.4, 0.5) is 0 Å². The van der Waals surface area contributed by atoms with Crippen LogP contribution in [0.3, 0.4) is 0 Å². The standard InChI is InChI=1S/C8H14N2O/c1-3-4-6-10-7-5-8(11)9-2/h1,10H,4-7H2,2H3,(H,9,11). The van der Waals surface area contributed by atoms with Gasteiger partial charge in [0.2, 0.25) is 5.91 Å². The van der Waals surface area contributed by atoms with Crippen LogP contribution in [-0.2, 0) is 4.79 Å². The van der Waals surface area contributed by atoms with E-state index in [1.807, 2.05) is 0 Å². The number of rotatable bonds is 5. The summed E-state index contributed by atoms with van der Waals surface area (Å²) >= 11 is 0. The molecule has 62 valence electrons. The van der Waals surface area contributed by atoms with E-state index < -0.39 is 0 Å². The summed E-state index contributed by atoms with van der Waals surface area (Å²) in [6, 6.07) is 0. The lowest BCUT2D eigenvalue weighted by atomic mass is 10.4. The molecule has 0 saturated carbocycles. The van der Waals surface area contributed by atoms with E-state index in [0.29, 0.717) is 19.4 Å². The zero-order valence-electron chi connectivity index (χ0n) is 6.81. The van der Waals surface area contributed by atoms with Crippen LogP contribution in [0, 0.1) is 12.3 Å². The van der Waals surface area contributed by atoms with E-state index in [9.17, 15) is 4.79 Å². The van der Waals surface area contributed by atoms with Crippen molar-refractivity contribution in [2.24, 2.45) is 0 Å². The number of carbonyl (C=O) groups is 1. The Morgan fingerprint density at radius 3 is 2.82 bits per heavy atom. The van der Waals surface area contributed by atoms with Gasteiger partial charge < -0.3 is 10.6 Å². The van der Waals surface area contributed by atoms with Gasteiger partial charge in [0.25, 0.3) is 0 Å². The Balaban J connectivity index is 3.03. The number of amides is 1. The Bertz CT molecular complexity index is 149. The third-order valence-electron chi connectivity index (χ3n) is 1.25. The number of nitrogens with one attached hydrogen (secondary N) is 2. The number of terminal acetylenes is 1. The number of carbonyl (C=O) groups excluding carboxylic acids is 1. The van der Waals surface area contributed by atoms with Crippen molar-refractivity contribution < 1.29 is 4.79 Å². The van der Waals surface area contributed by atoms with Gasteiger partial charge in [-0.25, -0.2) is 0 Å². The second kappa shape index (κ2) is 7.10. The Hall–Kier alpha value is -1.01. The molecular formula is C8H14N2O. The third kappa shape index (κ3) is 6.88. The molecular weight excluding hydrogens is 140 g/mol. The fourth-order valence-corrected chi connectivity index (χ4v) is 0.612. The maximum absolute atomic E-state index is 10.7. The fourth-order valence-electron chi connectivity index (χ4n) is 0.612. The van der Waals surface area contributed by atoms with E-state index in [1.54, 1.807) is 7.05 Å². The van der Waals surface area contributed by atoms with E-state index in [0.717, 1.165) is 6.54 Å². The van der Waals surface area contributed by atoms with Gasteiger partial charge in [-0.2, -0.15) is 0 Å². The summed E-state index contributed by atoms with van der Waals surface area (Å²) in [5.74, 6) is 2.56. The van der Waals surface area contributed by atoms with Crippen LogP contribution in [0.25, 0.3) is 0 Å². The van der Waals surface area contributed by atoms with Crippen LogP contribution in [0.1, 0.15) is 12.8 Å². The third-order valence-corrected chi connectivity index (χ3v) is 1.25.